The topological polar surface area (TPSA) is 31.8 Å². The van der Waals surface area contributed by atoms with Crippen molar-refractivity contribution in [2.45, 2.75) is 77.6 Å². The van der Waals surface area contributed by atoms with Crippen LogP contribution in [0.1, 0.15) is 97.4 Å². The summed E-state index contributed by atoms with van der Waals surface area (Å²) in [6, 6.07) is 16.1. The zero-order valence-corrected chi connectivity index (χ0v) is 19.7. The smallest absolute Gasteiger partial charge is 0.494 e. The van der Waals surface area contributed by atoms with Gasteiger partial charge in [-0.25, -0.2) is 0 Å². The van der Waals surface area contributed by atoms with Crippen molar-refractivity contribution in [3.63, 3.8) is 0 Å². The summed E-state index contributed by atoms with van der Waals surface area (Å²) >= 11 is 0. The average Bonchev–Trinajstić information content (AvgIpc) is 2.82. The van der Waals surface area contributed by atoms with E-state index < -0.39 is 7.11 Å². The summed E-state index contributed by atoms with van der Waals surface area (Å²) in [5, 5.41) is 0. The number of benzene rings is 2. The molecule has 33 heavy (non-hydrogen) atoms. The van der Waals surface area contributed by atoms with Gasteiger partial charge < -0.3 is 13.4 Å². The van der Waals surface area contributed by atoms with Crippen molar-refractivity contribution in [1.82, 2.24) is 0 Å². The van der Waals surface area contributed by atoms with E-state index >= 15 is 0 Å². The summed E-state index contributed by atoms with van der Waals surface area (Å²) in [6.45, 7) is 2.92. The van der Waals surface area contributed by atoms with Crippen LogP contribution < -0.4 is 4.74 Å². The molecule has 0 amide bonds. The van der Waals surface area contributed by atoms with Crippen molar-refractivity contribution in [2.24, 2.45) is 0 Å². The van der Waals surface area contributed by atoms with Crippen molar-refractivity contribution in [3.05, 3.63) is 65.7 Å². The van der Waals surface area contributed by atoms with Crippen LogP contribution in [-0.4, -0.2) is 25.3 Å². The van der Waals surface area contributed by atoms with Gasteiger partial charge in [-0.15, -0.1) is 0 Å². The van der Waals surface area contributed by atoms with Gasteiger partial charge >= 0.3 is 7.11 Å². The minimum absolute atomic E-state index is 0.181. The zero-order valence-electron chi connectivity index (χ0n) is 19.7. The van der Waals surface area contributed by atoms with Crippen molar-refractivity contribution in [2.75, 3.05) is 6.61 Å². The van der Waals surface area contributed by atoms with E-state index in [2.05, 4.69) is 6.92 Å². The Bertz CT molecular complexity index is 895. The first-order valence-corrected chi connectivity index (χ1v) is 12.5. The minimum Gasteiger partial charge on any atom is -0.494 e. The van der Waals surface area contributed by atoms with E-state index in [1.54, 1.807) is 36.4 Å². The van der Waals surface area contributed by atoms with E-state index in [1.807, 2.05) is 18.2 Å². The lowest BCUT2D eigenvalue weighted by molar-refractivity contribution is -0.320. The van der Waals surface area contributed by atoms with Crippen LogP contribution in [0.4, 0.5) is 8.63 Å². The van der Waals surface area contributed by atoms with E-state index in [4.69, 9.17) is 13.4 Å². The summed E-state index contributed by atoms with van der Waals surface area (Å²) in [5.41, 5.74) is 1.25. The highest BCUT2D eigenvalue weighted by atomic mass is 19.3. The van der Waals surface area contributed by atoms with Crippen LogP contribution in [0.15, 0.2) is 54.6 Å². The molecule has 0 spiro atoms. The molecule has 2 aromatic carbocycles. The molecule has 178 valence electrons. The Labute approximate surface area is 196 Å². The summed E-state index contributed by atoms with van der Waals surface area (Å²) in [7, 11) is -4.39. The van der Waals surface area contributed by atoms with Gasteiger partial charge in [-0.05, 0) is 42.8 Å². The molecule has 0 saturated heterocycles. The molecule has 0 saturated carbocycles. The Balaban J connectivity index is 1.40. The largest absolute Gasteiger partial charge is 1.24 e. The Morgan fingerprint density at radius 2 is 1.21 bits per heavy atom. The highest BCUT2D eigenvalue weighted by molar-refractivity contribution is 6.50. The molecule has 0 radical (unpaired) electrons. The number of ether oxygens (including phenoxy) is 1. The molecule has 0 atom stereocenters. The lowest BCUT2D eigenvalue weighted by Crippen LogP contribution is -2.31. The molecular formula is C27H36BF2O3+. The first kappa shape index (κ1) is 25.1. The summed E-state index contributed by atoms with van der Waals surface area (Å²) in [4.78, 5) is 0. The highest BCUT2D eigenvalue weighted by Gasteiger charge is 2.69. The number of hydrogen-bond donors (Lipinski definition) is 0. The fraction of sp³-hybridized carbons (Fsp3) is 0.481. The molecule has 0 aliphatic carbocycles. The van der Waals surface area contributed by atoms with Crippen LogP contribution in [0.25, 0.3) is 0 Å². The lowest BCUT2D eigenvalue weighted by Gasteiger charge is -2.09. The van der Waals surface area contributed by atoms with Crippen LogP contribution >= 0.6 is 0 Å². The van der Waals surface area contributed by atoms with Crippen LogP contribution in [0.5, 0.6) is 5.75 Å². The monoisotopic (exact) mass is 457 g/mol. The molecular weight excluding hydrogens is 421 g/mol. The standard InChI is InChI=1S/C27H36BF2O3/c1-2-3-4-5-6-7-8-9-10-14-21-31-25-19-17-24(18-20-25)27-22-26(32-28(29,30)33-27)23-15-12-11-13-16-23/h11-13,15-20H,2-10,14,21-22H2,1H3/q+1. The number of ketones is 2. The van der Waals surface area contributed by atoms with Gasteiger partial charge in [-0.1, -0.05) is 82.9 Å². The Kier molecular flexibility index (Phi) is 10.1. The number of hydrogen-bond acceptors (Lipinski definition) is 1. The zero-order chi connectivity index (χ0) is 23.4. The molecule has 3 nitrogen and oxygen atoms in total. The third-order valence-electron chi connectivity index (χ3n) is 5.92. The molecule has 1 aliphatic rings. The van der Waals surface area contributed by atoms with Crippen LogP contribution in [-0.2, 0) is 0 Å². The summed E-state index contributed by atoms with van der Waals surface area (Å²) in [5.74, 6) is 1.18. The lowest BCUT2D eigenvalue weighted by atomic mass is 9.98. The second kappa shape index (κ2) is 13.3. The number of rotatable bonds is 14. The third kappa shape index (κ3) is 8.75. The van der Waals surface area contributed by atoms with E-state index in [0.29, 0.717) is 17.7 Å². The maximum Gasteiger partial charge on any atom is 1.24 e. The third-order valence-corrected chi connectivity index (χ3v) is 5.92. The molecule has 0 unspecified atom stereocenters. The van der Waals surface area contributed by atoms with Crippen molar-refractivity contribution >= 4 is 18.7 Å². The Hall–Kier alpha value is -2.50. The van der Waals surface area contributed by atoms with E-state index in [9.17, 15) is 8.63 Å². The van der Waals surface area contributed by atoms with Gasteiger partial charge in [0, 0.05) is 0 Å². The normalized spacial score (nSPS) is 15.1. The van der Waals surface area contributed by atoms with Gasteiger partial charge in [0.1, 0.15) is 5.75 Å². The number of halogens is 2. The average molecular weight is 457 g/mol. The van der Waals surface area contributed by atoms with Gasteiger partial charge in [0.05, 0.1) is 17.7 Å². The van der Waals surface area contributed by atoms with Gasteiger partial charge in [-0.2, -0.15) is 0 Å². The number of unbranched alkanes of at least 4 members (excludes halogenated alkanes) is 9. The van der Waals surface area contributed by atoms with Gasteiger partial charge in [0.2, 0.25) is 0 Å². The van der Waals surface area contributed by atoms with E-state index in [1.165, 1.54) is 57.8 Å². The molecule has 3 rings (SSSR count). The molecule has 0 bridgehead atoms. The SMILES string of the molecule is CCCCCCCCCCCCOc1ccc(C2=[O+][B-](F)(F)[O+]=C(c3ccccc3)C2)cc1. The Morgan fingerprint density at radius 3 is 1.79 bits per heavy atom. The summed E-state index contributed by atoms with van der Waals surface area (Å²) < 4.78 is 43.7. The maximum absolute atomic E-state index is 14.1. The molecule has 0 aromatic heterocycles. The number of carbonyl (C=O) groups excluding carboxylic acids is 2. The molecule has 1 heterocycles. The second-order valence-corrected chi connectivity index (χ2v) is 8.71. The highest BCUT2D eigenvalue weighted by Crippen LogP contribution is 2.23. The van der Waals surface area contributed by atoms with Gasteiger partial charge in [0.25, 0.3) is 11.6 Å². The van der Waals surface area contributed by atoms with Crippen LogP contribution in [0.2, 0.25) is 0 Å². The van der Waals surface area contributed by atoms with Crippen molar-refractivity contribution in [1.29, 1.82) is 0 Å². The first-order valence-electron chi connectivity index (χ1n) is 12.5. The molecule has 2 aromatic rings. The molecule has 1 aliphatic heterocycles. The Morgan fingerprint density at radius 1 is 0.697 bits per heavy atom. The van der Waals surface area contributed by atoms with Crippen LogP contribution in [0, 0.1) is 0 Å². The van der Waals surface area contributed by atoms with E-state index in [-0.39, 0.29) is 18.0 Å². The quantitative estimate of drug-likeness (QED) is 0.123. The fourth-order valence-electron chi connectivity index (χ4n) is 4.07. The van der Waals surface area contributed by atoms with Crippen molar-refractivity contribution < 1.29 is 22.1 Å². The fourth-order valence-corrected chi connectivity index (χ4v) is 4.07. The van der Waals surface area contributed by atoms with Gasteiger partial charge in [-0.3, -0.25) is 8.63 Å². The molecule has 0 fully saturated rings. The van der Waals surface area contributed by atoms with E-state index in [0.717, 1.165) is 12.2 Å². The molecule has 0 N–H and O–H groups in total. The second-order valence-electron chi connectivity index (χ2n) is 8.71. The maximum atomic E-state index is 14.1. The van der Waals surface area contributed by atoms with Gasteiger partial charge in [0.15, 0.2) is 6.42 Å². The van der Waals surface area contributed by atoms with Crippen LogP contribution in [0.3, 0.4) is 0 Å². The first-order chi connectivity index (χ1) is 16.1. The van der Waals surface area contributed by atoms with Crippen molar-refractivity contribution in [3.8, 4) is 5.75 Å². The molecule has 6 heteroatoms. The predicted molar refractivity (Wildman–Crippen MR) is 131 cm³/mol. The minimum atomic E-state index is -4.39. The summed E-state index contributed by atoms with van der Waals surface area (Å²) in [6.07, 6.45) is 13.0. The predicted octanol–water partition coefficient (Wildman–Crippen LogP) is 7.90.